The lowest BCUT2D eigenvalue weighted by molar-refractivity contribution is 0.243. The van der Waals surface area contributed by atoms with E-state index >= 15 is 0 Å². The van der Waals surface area contributed by atoms with E-state index in [9.17, 15) is 5.11 Å². The van der Waals surface area contributed by atoms with Crippen LogP contribution in [0.4, 0.5) is 0 Å². The zero-order valence-electron chi connectivity index (χ0n) is 11.6. The number of halogens is 1. The largest absolute Gasteiger partial charge is 0.504 e. The van der Waals surface area contributed by atoms with Crippen molar-refractivity contribution in [3.05, 3.63) is 22.2 Å². The average molecular weight is 332 g/mol. The summed E-state index contributed by atoms with van der Waals surface area (Å²) in [4.78, 5) is 0. The molecule has 1 aromatic carbocycles. The molecule has 5 heteroatoms. The van der Waals surface area contributed by atoms with Crippen LogP contribution < -0.4 is 10.1 Å². The molecule has 0 aliphatic rings. The van der Waals surface area contributed by atoms with Crippen LogP contribution in [0.3, 0.4) is 0 Å². The lowest BCUT2D eigenvalue weighted by Gasteiger charge is -2.22. The van der Waals surface area contributed by atoms with Crippen molar-refractivity contribution in [3.8, 4) is 11.5 Å². The monoisotopic (exact) mass is 331 g/mol. The number of nitrogens with one attached hydrogen (secondary N) is 1. The van der Waals surface area contributed by atoms with Crippen LogP contribution in [0.2, 0.25) is 0 Å². The smallest absolute Gasteiger partial charge is 0.162 e. The van der Waals surface area contributed by atoms with Crippen LogP contribution in [-0.2, 0) is 6.54 Å². The van der Waals surface area contributed by atoms with E-state index in [4.69, 9.17) is 9.84 Å². The van der Waals surface area contributed by atoms with Gasteiger partial charge in [-0.05, 0) is 24.5 Å². The van der Waals surface area contributed by atoms with E-state index in [1.54, 1.807) is 6.07 Å². The fourth-order valence-electron chi connectivity index (χ4n) is 1.97. The third-order valence-electron chi connectivity index (χ3n) is 3.14. The molecule has 1 atom stereocenters. The van der Waals surface area contributed by atoms with Crippen molar-refractivity contribution in [2.45, 2.75) is 32.9 Å². The Kier molecular flexibility index (Phi) is 6.62. The molecule has 0 heterocycles. The van der Waals surface area contributed by atoms with Crippen molar-refractivity contribution in [2.24, 2.45) is 5.92 Å². The zero-order valence-corrected chi connectivity index (χ0v) is 13.2. The standard InChI is InChI=1S/C14H22BrNO3/c1-9(2)12(4-5-17)16-8-10-6-11(15)7-13(19-3)14(10)18/h6-7,9,12,16-18H,4-5,8H2,1-3H3. The summed E-state index contributed by atoms with van der Waals surface area (Å²) in [6, 6.07) is 3.81. The van der Waals surface area contributed by atoms with Gasteiger partial charge in [-0.1, -0.05) is 29.8 Å². The number of hydrogen-bond acceptors (Lipinski definition) is 4. The highest BCUT2D eigenvalue weighted by Crippen LogP contribution is 2.33. The summed E-state index contributed by atoms with van der Waals surface area (Å²) in [6.45, 7) is 4.90. The molecular weight excluding hydrogens is 310 g/mol. The number of phenolic OH excluding ortho intramolecular Hbond substituents is 1. The van der Waals surface area contributed by atoms with Crippen molar-refractivity contribution in [3.63, 3.8) is 0 Å². The summed E-state index contributed by atoms with van der Waals surface area (Å²) in [5, 5.41) is 22.5. The van der Waals surface area contributed by atoms with E-state index < -0.39 is 0 Å². The second kappa shape index (κ2) is 7.72. The van der Waals surface area contributed by atoms with Crippen LogP contribution in [-0.4, -0.2) is 30.0 Å². The Labute approximate surface area is 122 Å². The Morgan fingerprint density at radius 3 is 2.58 bits per heavy atom. The van der Waals surface area contributed by atoms with Gasteiger partial charge in [0.2, 0.25) is 0 Å². The van der Waals surface area contributed by atoms with E-state index in [-0.39, 0.29) is 18.4 Å². The normalized spacial score (nSPS) is 12.7. The van der Waals surface area contributed by atoms with Gasteiger partial charge in [-0.3, -0.25) is 0 Å². The molecule has 0 saturated heterocycles. The highest BCUT2D eigenvalue weighted by Gasteiger charge is 2.15. The van der Waals surface area contributed by atoms with Crippen molar-refractivity contribution in [1.82, 2.24) is 5.32 Å². The number of ether oxygens (including phenoxy) is 1. The highest BCUT2D eigenvalue weighted by molar-refractivity contribution is 9.10. The number of aliphatic hydroxyl groups is 1. The molecule has 1 rings (SSSR count). The number of hydrogen-bond donors (Lipinski definition) is 3. The topological polar surface area (TPSA) is 61.7 Å². The third kappa shape index (κ3) is 4.67. The molecule has 108 valence electrons. The Morgan fingerprint density at radius 2 is 2.05 bits per heavy atom. The van der Waals surface area contributed by atoms with Gasteiger partial charge in [0.25, 0.3) is 0 Å². The van der Waals surface area contributed by atoms with Gasteiger partial charge in [-0.25, -0.2) is 0 Å². The second-order valence-corrected chi connectivity index (χ2v) is 5.78. The highest BCUT2D eigenvalue weighted by atomic mass is 79.9. The van der Waals surface area contributed by atoms with E-state index in [1.165, 1.54) is 7.11 Å². The molecule has 0 aliphatic carbocycles. The number of phenols is 1. The molecule has 0 fully saturated rings. The summed E-state index contributed by atoms with van der Waals surface area (Å²) < 4.78 is 5.98. The van der Waals surface area contributed by atoms with Gasteiger partial charge in [0.1, 0.15) is 0 Å². The van der Waals surface area contributed by atoms with Crippen LogP contribution in [0.5, 0.6) is 11.5 Å². The quantitative estimate of drug-likeness (QED) is 0.718. The summed E-state index contributed by atoms with van der Waals surface area (Å²) in [6.07, 6.45) is 0.698. The Morgan fingerprint density at radius 1 is 1.37 bits per heavy atom. The molecule has 0 aromatic heterocycles. The molecular formula is C14H22BrNO3. The molecule has 1 aromatic rings. The first kappa shape index (κ1) is 16.3. The molecule has 0 aliphatic heterocycles. The molecule has 0 saturated carbocycles. The maximum absolute atomic E-state index is 10.1. The van der Waals surface area contributed by atoms with E-state index in [2.05, 4.69) is 35.1 Å². The molecule has 19 heavy (non-hydrogen) atoms. The molecule has 0 spiro atoms. The third-order valence-corrected chi connectivity index (χ3v) is 3.60. The minimum atomic E-state index is 0.156. The van der Waals surface area contributed by atoms with Crippen LogP contribution in [0.15, 0.2) is 16.6 Å². The molecule has 0 amide bonds. The first-order valence-corrected chi connectivity index (χ1v) is 7.18. The molecule has 3 N–H and O–H groups in total. The van der Waals surface area contributed by atoms with E-state index in [0.29, 0.717) is 24.6 Å². The number of rotatable bonds is 7. The lowest BCUT2D eigenvalue weighted by Crippen LogP contribution is -2.34. The number of benzene rings is 1. The Hall–Kier alpha value is -0.780. The van der Waals surface area contributed by atoms with Crippen molar-refractivity contribution in [2.75, 3.05) is 13.7 Å². The second-order valence-electron chi connectivity index (χ2n) is 4.86. The lowest BCUT2D eigenvalue weighted by atomic mass is 10.0. The fraction of sp³-hybridized carbons (Fsp3) is 0.571. The summed E-state index contributed by atoms with van der Waals surface area (Å²) in [7, 11) is 1.53. The molecule has 4 nitrogen and oxygen atoms in total. The molecule has 0 radical (unpaired) electrons. The summed E-state index contributed by atoms with van der Waals surface area (Å²) >= 11 is 3.40. The SMILES string of the molecule is COc1cc(Br)cc(CNC(CCO)C(C)C)c1O. The summed E-state index contributed by atoms with van der Waals surface area (Å²) in [5.41, 5.74) is 0.773. The van der Waals surface area contributed by atoms with Gasteiger partial charge in [0.15, 0.2) is 11.5 Å². The molecule has 0 bridgehead atoms. The van der Waals surface area contributed by atoms with Gasteiger partial charge >= 0.3 is 0 Å². The van der Waals surface area contributed by atoms with Crippen LogP contribution in [0.1, 0.15) is 25.8 Å². The van der Waals surface area contributed by atoms with Gasteiger partial charge in [-0.2, -0.15) is 0 Å². The number of aromatic hydroxyl groups is 1. The zero-order chi connectivity index (χ0) is 14.4. The van der Waals surface area contributed by atoms with E-state index in [0.717, 1.165) is 10.0 Å². The minimum absolute atomic E-state index is 0.156. The Balaban J connectivity index is 2.79. The Bertz CT molecular complexity index is 410. The van der Waals surface area contributed by atoms with Gasteiger partial charge in [-0.15, -0.1) is 0 Å². The number of aliphatic hydroxyl groups excluding tert-OH is 1. The predicted octanol–water partition coefficient (Wildman–Crippen LogP) is 2.66. The maximum Gasteiger partial charge on any atom is 0.162 e. The van der Waals surface area contributed by atoms with E-state index in [1.807, 2.05) is 6.07 Å². The van der Waals surface area contributed by atoms with Gasteiger partial charge in [0, 0.05) is 29.2 Å². The van der Waals surface area contributed by atoms with Crippen molar-refractivity contribution >= 4 is 15.9 Å². The van der Waals surface area contributed by atoms with Crippen LogP contribution in [0, 0.1) is 5.92 Å². The first-order chi connectivity index (χ1) is 8.99. The van der Waals surface area contributed by atoms with Crippen LogP contribution in [0.25, 0.3) is 0 Å². The average Bonchev–Trinajstić information content (AvgIpc) is 2.37. The fourth-order valence-corrected chi connectivity index (χ4v) is 2.45. The van der Waals surface area contributed by atoms with Gasteiger partial charge in [0.05, 0.1) is 7.11 Å². The van der Waals surface area contributed by atoms with Gasteiger partial charge < -0.3 is 20.3 Å². The molecule has 1 unspecified atom stereocenters. The predicted molar refractivity (Wildman–Crippen MR) is 79.5 cm³/mol. The van der Waals surface area contributed by atoms with Crippen molar-refractivity contribution < 1.29 is 14.9 Å². The maximum atomic E-state index is 10.1. The number of methoxy groups -OCH3 is 1. The van der Waals surface area contributed by atoms with Crippen LogP contribution >= 0.6 is 15.9 Å². The van der Waals surface area contributed by atoms with Crippen molar-refractivity contribution in [1.29, 1.82) is 0 Å². The first-order valence-electron chi connectivity index (χ1n) is 6.39. The summed E-state index contributed by atoms with van der Waals surface area (Å²) in [5.74, 6) is 1.03. The minimum Gasteiger partial charge on any atom is -0.504 e.